The predicted octanol–water partition coefficient (Wildman–Crippen LogP) is 2.31. The summed E-state index contributed by atoms with van der Waals surface area (Å²) >= 11 is 0. The van der Waals surface area contributed by atoms with Crippen molar-refractivity contribution in [2.45, 2.75) is 19.0 Å². The lowest BCUT2D eigenvalue weighted by molar-refractivity contribution is 0.327. The SMILES string of the molecule is c1ccc(CN2CCC(Nn3cccc3)C2)cc1. The Bertz CT molecular complexity index is 464. The summed E-state index contributed by atoms with van der Waals surface area (Å²) < 4.78 is 2.05. The first-order chi connectivity index (χ1) is 8.90. The summed E-state index contributed by atoms with van der Waals surface area (Å²) in [5.74, 6) is 0. The average Bonchev–Trinajstić information content (AvgIpc) is 3.03. The number of nitrogens with zero attached hydrogens (tertiary/aromatic N) is 2. The minimum absolute atomic E-state index is 0.557. The maximum atomic E-state index is 3.51. The third-order valence-electron chi connectivity index (χ3n) is 3.46. The second-order valence-corrected chi connectivity index (χ2v) is 4.93. The topological polar surface area (TPSA) is 20.2 Å². The molecule has 1 aliphatic rings. The summed E-state index contributed by atoms with van der Waals surface area (Å²) in [7, 11) is 0. The fourth-order valence-corrected chi connectivity index (χ4v) is 2.55. The standard InChI is InChI=1S/C15H19N3/c1-2-6-14(7-3-1)12-17-11-8-15(13-17)16-18-9-4-5-10-18/h1-7,9-10,15-16H,8,11-13H2. The van der Waals surface area contributed by atoms with Crippen molar-refractivity contribution in [1.82, 2.24) is 9.58 Å². The zero-order chi connectivity index (χ0) is 12.2. The van der Waals surface area contributed by atoms with Crippen LogP contribution in [0.2, 0.25) is 0 Å². The van der Waals surface area contributed by atoms with Crippen LogP contribution in [0.15, 0.2) is 54.9 Å². The molecule has 0 saturated carbocycles. The van der Waals surface area contributed by atoms with Gasteiger partial charge in [0.2, 0.25) is 0 Å². The van der Waals surface area contributed by atoms with Crippen LogP contribution in [0.3, 0.4) is 0 Å². The minimum Gasteiger partial charge on any atom is -0.322 e. The molecule has 0 amide bonds. The summed E-state index contributed by atoms with van der Waals surface area (Å²) in [6.45, 7) is 3.35. The average molecular weight is 241 g/mol. The largest absolute Gasteiger partial charge is 0.322 e. The van der Waals surface area contributed by atoms with Crippen molar-refractivity contribution in [2.75, 3.05) is 18.5 Å². The van der Waals surface area contributed by atoms with Gasteiger partial charge in [-0.3, -0.25) is 9.58 Å². The molecule has 94 valence electrons. The first kappa shape index (κ1) is 11.4. The molecule has 1 aromatic carbocycles. The van der Waals surface area contributed by atoms with E-state index in [-0.39, 0.29) is 0 Å². The highest BCUT2D eigenvalue weighted by Crippen LogP contribution is 2.14. The fourth-order valence-electron chi connectivity index (χ4n) is 2.55. The van der Waals surface area contributed by atoms with Gasteiger partial charge in [0, 0.05) is 32.0 Å². The first-order valence-electron chi connectivity index (χ1n) is 6.56. The van der Waals surface area contributed by atoms with Gasteiger partial charge in [-0.25, -0.2) is 0 Å². The molecule has 1 N–H and O–H groups in total. The normalized spacial score (nSPS) is 20.1. The molecule has 0 radical (unpaired) electrons. The molecule has 0 spiro atoms. The number of hydrogen-bond donors (Lipinski definition) is 1. The number of nitrogens with one attached hydrogen (secondary N) is 1. The lowest BCUT2D eigenvalue weighted by Crippen LogP contribution is -2.30. The molecule has 0 bridgehead atoms. The van der Waals surface area contributed by atoms with Gasteiger partial charge in [0.1, 0.15) is 0 Å². The van der Waals surface area contributed by atoms with E-state index in [0.717, 1.165) is 13.1 Å². The van der Waals surface area contributed by atoms with E-state index < -0.39 is 0 Å². The van der Waals surface area contributed by atoms with Gasteiger partial charge >= 0.3 is 0 Å². The molecule has 0 aliphatic carbocycles. The second-order valence-electron chi connectivity index (χ2n) is 4.93. The van der Waals surface area contributed by atoms with E-state index in [2.05, 4.69) is 57.7 Å². The zero-order valence-corrected chi connectivity index (χ0v) is 10.5. The van der Waals surface area contributed by atoms with E-state index >= 15 is 0 Å². The molecule has 1 fully saturated rings. The van der Waals surface area contributed by atoms with E-state index in [9.17, 15) is 0 Å². The maximum Gasteiger partial charge on any atom is 0.0563 e. The van der Waals surface area contributed by atoms with Crippen LogP contribution in [0, 0.1) is 0 Å². The quantitative estimate of drug-likeness (QED) is 0.886. The molecule has 1 unspecified atom stereocenters. The van der Waals surface area contributed by atoms with Crippen LogP contribution >= 0.6 is 0 Å². The van der Waals surface area contributed by atoms with Crippen molar-refractivity contribution in [3.8, 4) is 0 Å². The molecule has 18 heavy (non-hydrogen) atoms. The van der Waals surface area contributed by atoms with Crippen molar-refractivity contribution in [3.05, 3.63) is 60.4 Å². The van der Waals surface area contributed by atoms with Crippen molar-refractivity contribution >= 4 is 0 Å². The molecule has 3 nitrogen and oxygen atoms in total. The van der Waals surface area contributed by atoms with E-state index in [4.69, 9.17) is 0 Å². The fraction of sp³-hybridized carbons (Fsp3) is 0.333. The number of likely N-dealkylation sites (tertiary alicyclic amines) is 1. The Morgan fingerprint density at radius 2 is 1.83 bits per heavy atom. The molecule has 1 atom stereocenters. The Labute approximate surface area is 108 Å². The molecule has 2 heterocycles. The molecule has 1 saturated heterocycles. The highest BCUT2D eigenvalue weighted by atomic mass is 15.4. The summed E-state index contributed by atoms with van der Waals surface area (Å²) in [6, 6.07) is 15.3. The Balaban J connectivity index is 1.52. The third kappa shape index (κ3) is 2.74. The zero-order valence-electron chi connectivity index (χ0n) is 10.5. The van der Waals surface area contributed by atoms with Gasteiger partial charge < -0.3 is 5.43 Å². The Morgan fingerprint density at radius 1 is 1.06 bits per heavy atom. The molecule has 2 aromatic rings. The summed E-state index contributed by atoms with van der Waals surface area (Å²) in [5, 5.41) is 0. The monoisotopic (exact) mass is 241 g/mol. The van der Waals surface area contributed by atoms with Gasteiger partial charge in [-0.2, -0.15) is 0 Å². The van der Waals surface area contributed by atoms with E-state index in [1.54, 1.807) is 0 Å². The highest BCUT2D eigenvalue weighted by Gasteiger charge is 2.22. The smallest absolute Gasteiger partial charge is 0.0563 e. The van der Waals surface area contributed by atoms with Crippen LogP contribution in [-0.4, -0.2) is 28.7 Å². The Hall–Kier alpha value is -1.74. The van der Waals surface area contributed by atoms with E-state index in [0.29, 0.717) is 6.04 Å². The summed E-state index contributed by atoms with van der Waals surface area (Å²) in [5.41, 5.74) is 4.91. The van der Waals surface area contributed by atoms with Crippen LogP contribution in [0.25, 0.3) is 0 Å². The molecule has 3 heteroatoms. The van der Waals surface area contributed by atoms with Gasteiger partial charge in [-0.1, -0.05) is 30.3 Å². The molecule has 1 aliphatic heterocycles. The summed E-state index contributed by atoms with van der Waals surface area (Å²) in [4.78, 5) is 2.51. The van der Waals surface area contributed by atoms with Gasteiger partial charge in [-0.15, -0.1) is 0 Å². The lowest BCUT2D eigenvalue weighted by atomic mass is 10.2. The van der Waals surface area contributed by atoms with Crippen molar-refractivity contribution in [2.24, 2.45) is 0 Å². The molecular formula is C15H19N3. The van der Waals surface area contributed by atoms with Crippen LogP contribution in [0.5, 0.6) is 0 Å². The number of aromatic nitrogens is 1. The van der Waals surface area contributed by atoms with Crippen molar-refractivity contribution < 1.29 is 0 Å². The molecule has 3 rings (SSSR count). The van der Waals surface area contributed by atoms with Gasteiger partial charge in [0.25, 0.3) is 0 Å². The third-order valence-corrected chi connectivity index (χ3v) is 3.46. The number of rotatable bonds is 4. The minimum atomic E-state index is 0.557. The number of hydrogen-bond acceptors (Lipinski definition) is 2. The van der Waals surface area contributed by atoms with E-state index in [1.807, 2.05) is 12.1 Å². The first-order valence-corrected chi connectivity index (χ1v) is 6.56. The van der Waals surface area contributed by atoms with Gasteiger partial charge in [-0.05, 0) is 24.1 Å². The van der Waals surface area contributed by atoms with Gasteiger partial charge in [0.05, 0.1) is 6.04 Å². The van der Waals surface area contributed by atoms with Crippen LogP contribution in [0.4, 0.5) is 0 Å². The van der Waals surface area contributed by atoms with Crippen LogP contribution in [0.1, 0.15) is 12.0 Å². The van der Waals surface area contributed by atoms with Crippen LogP contribution < -0.4 is 5.43 Å². The predicted molar refractivity (Wildman–Crippen MR) is 73.9 cm³/mol. The Morgan fingerprint density at radius 3 is 2.61 bits per heavy atom. The number of benzene rings is 1. The van der Waals surface area contributed by atoms with Crippen molar-refractivity contribution in [3.63, 3.8) is 0 Å². The van der Waals surface area contributed by atoms with Gasteiger partial charge in [0.15, 0.2) is 0 Å². The lowest BCUT2D eigenvalue weighted by Gasteiger charge is -2.17. The highest BCUT2D eigenvalue weighted by molar-refractivity contribution is 5.14. The molecule has 1 aromatic heterocycles. The second kappa shape index (κ2) is 5.27. The maximum absolute atomic E-state index is 3.51. The molecular weight excluding hydrogens is 222 g/mol. The summed E-state index contributed by atoms with van der Waals surface area (Å²) in [6.07, 6.45) is 5.32. The van der Waals surface area contributed by atoms with Crippen molar-refractivity contribution in [1.29, 1.82) is 0 Å². The van der Waals surface area contributed by atoms with Crippen LogP contribution in [-0.2, 0) is 6.54 Å². The Kier molecular flexibility index (Phi) is 3.33. The van der Waals surface area contributed by atoms with E-state index in [1.165, 1.54) is 18.5 Å².